The molecular weight excluding hydrogens is 336 g/mol. The molecule has 0 bridgehead atoms. The predicted octanol–water partition coefficient (Wildman–Crippen LogP) is 5.28. The standard InChI is InChI=1S/C15H7Cl3FNO/c16-10-4-2-5-11(17)13(10)9(7-20)15(21)8-3-1-6-12(18)14(8)19/h1-6,9H. The van der Waals surface area contributed by atoms with Crippen molar-refractivity contribution in [1.82, 2.24) is 0 Å². The summed E-state index contributed by atoms with van der Waals surface area (Å²) in [6, 6.07) is 10.4. The fourth-order valence-corrected chi connectivity index (χ4v) is 2.68. The van der Waals surface area contributed by atoms with E-state index < -0.39 is 17.5 Å². The molecule has 2 aromatic carbocycles. The Morgan fingerprint density at radius 2 is 1.57 bits per heavy atom. The van der Waals surface area contributed by atoms with Crippen LogP contribution >= 0.6 is 34.8 Å². The van der Waals surface area contributed by atoms with Crippen LogP contribution in [0.4, 0.5) is 4.39 Å². The molecule has 0 amide bonds. The van der Waals surface area contributed by atoms with Crippen LogP contribution in [0.15, 0.2) is 36.4 Å². The minimum Gasteiger partial charge on any atom is -0.292 e. The summed E-state index contributed by atoms with van der Waals surface area (Å²) in [5.74, 6) is -2.92. The lowest BCUT2D eigenvalue weighted by Gasteiger charge is -2.13. The van der Waals surface area contributed by atoms with Gasteiger partial charge in [-0.2, -0.15) is 5.26 Å². The fraction of sp³-hybridized carbons (Fsp3) is 0.0667. The van der Waals surface area contributed by atoms with E-state index in [2.05, 4.69) is 0 Å². The van der Waals surface area contributed by atoms with Crippen LogP contribution in [-0.4, -0.2) is 5.78 Å². The van der Waals surface area contributed by atoms with Crippen molar-refractivity contribution in [2.24, 2.45) is 0 Å². The summed E-state index contributed by atoms with van der Waals surface area (Å²) in [4.78, 5) is 12.4. The molecule has 0 fully saturated rings. The number of Topliss-reactive ketones (excluding diaryl/α,β-unsaturated/α-hetero) is 1. The summed E-state index contributed by atoms with van der Waals surface area (Å²) in [5, 5.41) is 9.43. The molecule has 0 radical (unpaired) electrons. The third-order valence-electron chi connectivity index (χ3n) is 2.90. The van der Waals surface area contributed by atoms with Crippen LogP contribution in [-0.2, 0) is 0 Å². The zero-order valence-electron chi connectivity index (χ0n) is 10.4. The molecule has 1 unspecified atom stereocenters. The Labute approximate surface area is 135 Å². The van der Waals surface area contributed by atoms with E-state index in [1.54, 1.807) is 6.07 Å². The monoisotopic (exact) mass is 341 g/mol. The minimum atomic E-state index is -1.31. The minimum absolute atomic E-state index is 0.160. The lowest BCUT2D eigenvalue weighted by Crippen LogP contribution is -2.14. The Hall–Kier alpha value is -1.60. The Kier molecular flexibility index (Phi) is 4.84. The number of carbonyl (C=O) groups is 1. The highest BCUT2D eigenvalue weighted by Crippen LogP contribution is 2.34. The number of nitrogens with zero attached hydrogens (tertiary/aromatic N) is 1. The molecule has 0 N–H and O–H groups in total. The van der Waals surface area contributed by atoms with Crippen LogP contribution in [0, 0.1) is 17.1 Å². The number of benzene rings is 2. The number of halogens is 4. The molecule has 6 heteroatoms. The van der Waals surface area contributed by atoms with E-state index in [0.29, 0.717) is 0 Å². The average molecular weight is 343 g/mol. The van der Waals surface area contributed by atoms with E-state index in [1.807, 2.05) is 6.07 Å². The number of hydrogen-bond donors (Lipinski definition) is 0. The first-order valence-corrected chi connectivity index (χ1v) is 6.92. The summed E-state index contributed by atoms with van der Waals surface area (Å²) in [5.41, 5.74) is -0.113. The van der Waals surface area contributed by atoms with Crippen LogP contribution in [0.1, 0.15) is 21.8 Å². The molecule has 2 rings (SSSR count). The second kappa shape index (κ2) is 6.44. The van der Waals surface area contributed by atoms with Crippen molar-refractivity contribution in [2.75, 3.05) is 0 Å². The lowest BCUT2D eigenvalue weighted by molar-refractivity contribution is 0.0975. The van der Waals surface area contributed by atoms with Gasteiger partial charge in [-0.25, -0.2) is 4.39 Å². The van der Waals surface area contributed by atoms with E-state index in [9.17, 15) is 14.4 Å². The van der Waals surface area contributed by atoms with E-state index in [4.69, 9.17) is 34.8 Å². The van der Waals surface area contributed by atoms with Crippen LogP contribution in [0.2, 0.25) is 15.1 Å². The number of nitriles is 1. The van der Waals surface area contributed by atoms with Gasteiger partial charge >= 0.3 is 0 Å². The van der Waals surface area contributed by atoms with Crippen molar-refractivity contribution in [1.29, 1.82) is 5.26 Å². The van der Waals surface area contributed by atoms with Gasteiger partial charge in [0.1, 0.15) is 5.92 Å². The quantitative estimate of drug-likeness (QED) is 0.712. The Balaban J connectivity index is 2.55. The third kappa shape index (κ3) is 3.03. The van der Waals surface area contributed by atoms with Crippen molar-refractivity contribution in [3.63, 3.8) is 0 Å². The first kappa shape index (κ1) is 15.8. The van der Waals surface area contributed by atoms with E-state index in [-0.39, 0.29) is 26.2 Å². The maximum absolute atomic E-state index is 13.9. The van der Waals surface area contributed by atoms with Gasteiger partial charge in [0.25, 0.3) is 0 Å². The van der Waals surface area contributed by atoms with Crippen molar-refractivity contribution in [2.45, 2.75) is 5.92 Å². The summed E-state index contributed by atoms with van der Waals surface area (Å²) in [6.45, 7) is 0. The molecule has 2 nitrogen and oxygen atoms in total. The summed E-state index contributed by atoms with van der Waals surface area (Å²) in [6.07, 6.45) is 0. The number of carbonyl (C=O) groups excluding carboxylic acids is 1. The van der Waals surface area contributed by atoms with Gasteiger partial charge in [-0.1, -0.05) is 46.9 Å². The number of rotatable bonds is 3. The largest absolute Gasteiger partial charge is 0.292 e. The van der Waals surface area contributed by atoms with E-state index in [0.717, 1.165) is 0 Å². The maximum Gasteiger partial charge on any atom is 0.187 e. The summed E-state index contributed by atoms with van der Waals surface area (Å²) < 4.78 is 13.9. The molecule has 0 saturated heterocycles. The molecule has 21 heavy (non-hydrogen) atoms. The highest BCUT2D eigenvalue weighted by atomic mass is 35.5. The maximum atomic E-state index is 13.9. The van der Waals surface area contributed by atoms with Crippen molar-refractivity contribution >= 4 is 40.6 Å². The Morgan fingerprint density at radius 3 is 2.14 bits per heavy atom. The zero-order valence-corrected chi connectivity index (χ0v) is 12.7. The summed E-state index contributed by atoms with van der Waals surface area (Å²) >= 11 is 17.6. The van der Waals surface area contributed by atoms with Gasteiger partial charge in [-0.15, -0.1) is 0 Å². The van der Waals surface area contributed by atoms with Gasteiger partial charge in [0.15, 0.2) is 11.6 Å². The smallest absolute Gasteiger partial charge is 0.187 e. The van der Waals surface area contributed by atoms with Crippen molar-refractivity contribution in [3.05, 3.63) is 68.4 Å². The average Bonchev–Trinajstić information content (AvgIpc) is 2.45. The van der Waals surface area contributed by atoms with Crippen molar-refractivity contribution < 1.29 is 9.18 Å². The van der Waals surface area contributed by atoms with Gasteiger partial charge in [0.2, 0.25) is 0 Å². The molecule has 2 aromatic rings. The molecule has 0 aromatic heterocycles. The normalized spacial score (nSPS) is 11.8. The van der Waals surface area contributed by atoms with Gasteiger partial charge in [-0.3, -0.25) is 4.79 Å². The molecule has 0 heterocycles. The molecule has 0 aliphatic rings. The third-order valence-corrected chi connectivity index (χ3v) is 3.85. The first-order chi connectivity index (χ1) is 9.97. The highest BCUT2D eigenvalue weighted by molar-refractivity contribution is 6.37. The second-order valence-corrected chi connectivity index (χ2v) is 5.38. The Morgan fingerprint density at radius 1 is 1.05 bits per heavy atom. The molecule has 106 valence electrons. The van der Waals surface area contributed by atoms with Gasteiger partial charge in [0.05, 0.1) is 16.7 Å². The molecule has 0 spiro atoms. The molecular formula is C15H7Cl3FNO. The molecule has 0 aliphatic carbocycles. The van der Waals surface area contributed by atoms with E-state index >= 15 is 0 Å². The molecule has 0 saturated carbocycles. The highest BCUT2D eigenvalue weighted by Gasteiger charge is 2.28. The topological polar surface area (TPSA) is 40.9 Å². The van der Waals surface area contributed by atoms with Crippen LogP contribution in [0.3, 0.4) is 0 Å². The molecule has 1 atom stereocenters. The first-order valence-electron chi connectivity index (χ1n) is 5.79. The van der Waals surface area contributed by atoms with Crippen LogP contribution in [0.5, 0.6) is 0 Å². The summed E-state index contributed by atoms with van der Waals surface area (Å²) in [7, 11) is 0. The van der Waals surface area contributed by atoms with Gasteiger partial charge < -0.3 is 0 Å². The van der Waals surface area contributed by atoms with Gasteiger partial charge in [-0.05, 0) is 24.3 Å². The molecule has 0 aliphatic heterocycles. The predicted molar refractivity (Wildman–Crippen MR) is 80.6 cm³/mol. The fourth-order valence-electron chi connectivity index (χ4n) is 1.89. The number of ketones is 1. The number of hydrogen-bond acceptors (Lipinski definition) is 2. The van der Waals surface area contributed by atoms with Crippen molar-refractivity contribution in [3.8, 4) is 6.07 Å². The SMILES string of the molecule is N#CC(C(=O)c1cccc(Cl)c1F)c1c(Cl)cccc1Cl. The van der Waals surface area contributed by atoms with Crippen LogP contribution < -0.4 is 0 Å². The van der Waals surface area contributed by atoms with Crippen LogP contribution in [0.25, 0.3) is 0 Å². The lowest BCUT2D eigenvalue weighted by atomic mass is 9.91. The Bertz CT molecular complexity index is 735. The zero-order chi connectivity index (χ0) is 15.6. The second-order valence-electron chi connectivity index (χ2n) is 4.16. The van der Waals surface area contributed by atoms with Gasteiger partial charge in [0, 0.05) is 15.6 Å². The van der Waals surface area contributed by atoms with E-state index in [1.165, 1.54) is 30.3 Å².